The molecule has 0 heterocycles. The van der Waals surface area contributed by atoms with Crippen molar-refractivity contribution in [2.24, 2.45) is 34.5 Å². The molecule has 2 aromatic carbocycles. The molecule has 0 aliphatic heterocycles. The number of hydrogen-bond acceptors (Lipinski definition) is 6. The first-order valence-electron chi connectivity index (χ1n) is 24.5. The SMILES string of the molecule is CO[C@](C(=O)O[C@H]1CCC(C)(C)[C@@H](/C=C/C(C)=C/C=C/C(C)=C/C=C/C=C(C)/C=C/C=C(C)/C=C/[C@H]2[C@H](C)[C@@H](OC(=O)[C@@](OC)(c3ccccc3)C(F)(F)F)CCC2(C)C)[C@@H]1C)(c1ccccc1)C(F)(F)F. The summed E-state index contributed by atoms with van der Waals surface area (Å²) in [6.07, 6.45) is 18.5. The van der Waals surface area contributed by atoms with Gasteiger partial charge in [0.2, 0.25) is 0 Å². The third-order valence-electron chi connectivity index (χ3n) is 14.5. The van der Waals surface area contributed by atoms with Gasteiger partial charge in [-0.05, 0) is 87.9 Å². The van der Waals surface area contributed by atoms with E-state index in [1.54, 1.807) is 12.1 Å². The number of rotatable bonds is 18. The quantitative estimate of drug-likeness (QED) is 0.0842. The Labute approximate surface area is 424 Å². The lowest BCUT2D eigenvalue weighted by Gasteiger charge is -2.46. The number of alkyl halides is 6. The minimum Gasteiger partial charge on any atom is -0.459 e. The minimum absolute atomic E-state index is 0.0785. The summed E-state index contributed by atoms with van der Waals surface area (Å²) in [5.74, 6) is -3.60. The zero-order valence-electron chi connectivity index (χ0n) is 43.9. The average molecular weight is 1010 g/mol. The van der Waals surface area contributed by atoms with Crippen LogP contribution in [0.2, 0.25) is 0 Å². The van der Waals surface area contributed by atoms with E-state index in [0.717, 1.165) is 36.5 Å². The molecular weight excluding hydrogens is 931 g/mol. The summed E-state index contributed by atoms with van der Waals surface area (Å²) < 4.78 is 109. The molecule has 6 nitrogen and oxygen atoms in total. The molecule has 8 atom stereocenters. The first-order valence-corrected chi connectivity index (χ1v) is 24.5. The first kappa shape index (κ1) is 59.1. The molecule has 0 aromatic heterocycles. The summed E-state index contributed by atoms with van der Waals surface area (Å²) in [5.41, 5.74) is -3.50. The number of carbonyl (C=O) groups excluding carboxylic acids is 2. The topological polar surface area (TPSA) is 71.1 Å². The predicted molar refractivity (Wildman–Crippen MR) is 274 cm³/mol. The molecule has 2 saturated carbocycles. The van der Waals surface area contributed by atoms with Crippen LogP contribution in [0.15, 0.2) is 168 Å². The number of allylic oxidation sites excluding steroid dienone is 18. The monoisotopic (exact) mass is 1000 g/mol. The maximum atomic E-state index is 14.6. The number of carbonyl (C=O) groups is 2. The van der Waals surface area contributed by atoms with Crippen molar-refractivity contribution in [1.82, 2.24) is 0 Å². The van der Waals surface area contributed by atoms with Crippen molar-refractivity contribution in [3.8, 4) is 0 Å². The summed E-state index contributed by atoms with van der Waals surface area (Å²) in [6, 6.07) is 13.7. The third-order valence-corrected chi connectivity index (χ3v) is 14.5. The van der Waals surface area contributed by atoms with Crippen molar-refractivity contribution in [2.45, 2.75) is 131 Å². The predicted octanol–water partition coefficient (Wildman–Crippen LogP) is 15.7. The van der Waals surface area contributed by atoms with Gasteiger partial charge in [0.25, 0.3) is 11.2 Å². The smallest absolute Gasteiger partial charge is 0.432 e. The Balaban J connectivity index is 1.33. The molecule has 0 saturated heterocycles. The van der Waals surface area contributed by atoms with Crippen LogP contribution in [0, 0.1) is 34.5 Å². The normalized spacial score (nSPS) is 25.6. The molecule has 2 aliphatic rings. The van der Waals surface area contributed by atoms with Crippen LogP contribution in [0.25, 0.3) is 0 Å². The van der Waals surface area contributed by atoms with Gasteiger partial charge in [-0.1, -0.05) is 210 Å². The summed E-state index contributed by atoms with van der Waals surface area (Å²) in [4.78, 5) is 26.9. The van der Waals surface area contributed by atoms with Crippen LogP contribution in [0.5, 0.6) is 0 Å². The summed E-state index contributed by atoms with van der Waals surface area (Å²) in [5, 5.41) is 0. The Morgan fingerprint density at radius 3 is 1.12 bits per heavy atom. The lowest BCUT2D eigenvalue weighted by molar-refractivity contribution is -0.280. The molecule has 0 N–H and O–H groups in total. The van der Waals surface area contributed by atoms with Gasteiger partial charge >= 0.3 is 24.3 Å². The number of esters is 2. The molecule has 0 unspecified atom stereocenters. The van der Waals surface area contributed by atoms with Gasteiger partial charge in [-0.25, -0.2) is 9.59 Å². The second kappa shape index (κ2) is 25.0. The van der Waals surface area contributed by atoms with Crippen molar-refractivity contribution in [3.05, 3.63) is 179 Å². The Bertz CT molecular complexity index is 2250. The van der Waals surface area contributed by atoms with Gasteiger partial charge in [0.1, 0.15) is 12.2 Å². The van der Waals surface area contributed by atoms with E-state index in [2.05, 4.69) is 39.8 Å². The fourth-order valence-electron chi connectivity index (χ4n) is 10.0. The third kappa shape index (κ3) is 14.2. The Hall–Kier alpha value is -5.46. The second-order valence-electron chi connectivity index (χ2n) is 20.7. The summed E-state index contributed by atoms with van der Waals surface area (Å²) >= 11 is 0. The van der Waals surface area contributed by atoms with Gasteiger partial charge in [-0.3, -0.25) is 0 Å². The molecule has 392 valence electrons. The van der Waals surface area contributed by atoms with Crippen molar-refractivity contribution < 1.29 is 54.9 Å². The van der Waals surface area contributed by atoms with E-state index in [4.69, 9.17) is 18.9 Å². The van der Waals surface area contributed by atoms with E-state index >= 15 is 0 Å². The molecule has 2 aromatic rings. The van der Waals surface area contributed by atoms with E-state index in [1.807, 2.05) is 114 Å². The fourth-order valence-corrected chi connectivity index (χ4v) is 10.0. The van der Waals surface area contributed by atoms with E-state index < -0.39 is 47.7 Å². The van der Waals surface area contributed by atoms with Gasteiger partial charge in [0.05, 0.1) is 0 Å². The molecule has 2 aliphatic carbocycles. The van der Waals surface area contributed by atoms with Crippen LogP contribution < -0.4 is 0 Å². The zero-order valence-corrected chi connectivity index (χ0v) is 43.9. The lowest BCUT2D eigenvalue weighted by Crippen LogP contribution is -2.54. The highest BCUT2D eigenvalue weighted by Crippen LogP contribution is 2.50. The van der Waals surface area contributed by atoms with E-state index in [0.29, 0.717) is 25.7 Å². The van der Waals surface area contributed by atoms with Crippen molar-refractivity contribution in [2.75, 3.05) is 14.2 Å². The number of methoxy groups -OCH3 is 2. The summed E-state index contributed by atoms with van der Waals surface area (Å²) in [7, 11) is 1.75. The Kier molecular flexibility index (Phi) is 20.5. The second-order valence-corrected chi connectivity index (χ2v) is 20.7. The highest BCUT2D eigenvalue weighted by Gasteiger charge is 2.66. The van der Waals surface area contributed by atoms with Crippen molar-refractivity contribution in [1.29, 1.82) is 0 Å². The highest BCUT2D eigenvalue weighted by atomic mass is 19.4. The largest absolute Gasteiger partial charge is 0.459 e. The highest BCUT2D eigenvalue weighted by molar-refractivity contribution is 5.83. The molecule has 4 rings (SSSR count). The Morgan fingerprint density at radius 1 is 0.514 bits per heavy atom. The van der Waals surface area contributed by atoms with E-state index in [-0.39, 0.29) is 45.6 Å². The zero-order chi connectivity index (χ0) is 53.7. The standard InChI is InChI=1S/C60H74F6O6/c1-41(25-21-27-43(3)33-35-49-45(5)51(37-39-55(49,7)8)71-53(67)57(69-11,59(61,62)63)47-29-15-13-16-30-47)23-19-20-24-42(2)26-22-28-44(4)34-36-50-46(6)52(38-40-56(50,9)10)72-54(68)58(70-12,60(64,65)66)48-31-17-14-18-32-48/h13-36,45-46,49-52H,37-40H2,1-12H3/b20-19+,25-21+,26-22+,35-33+,36-34+,41-23+,42-24+,43-27+,44-28+/t45-,46-,49-,50-,51-,52-,57-,58-/m0/s1. The van der Waals surface area contributed by atoms with Crippen LogP contribution in [0.1, 0.15) is 106 Å². The minimum atomic E-state index is -5.04. The van der Waals surface area contributed by atoms with E-state index in [1.165, 1.54) is 48.5 Å². The summed E-state index contributed by atoms with van der Waals surface area (Å²) in [6.45, 7) is 20.3. The van der Waals surface area contributed by atoms with Crippen molar-refractivity contribution >= 4 is 11.9 Å². The average Bonchev–Trinajstić information content (AvgIpc) is 3.30. The van der Waals surface area contributed by atoms with Crippen LogP contribution >= 0.6 is 0 Å². The molecule has 0 radical (unpaired) electrons. The number of halogens is 6. The van der Waals surface area contributed by atoms with Crippen LogP contribution in [0.3, 0.4) is 0 Å². The first-order chi connectivity index (χ1) is 33.7. The van der Waals surface area contributed by atoms with Gasteiger partial charge in [-0.2, -0.15) is 26.3 Å². The van der Waals surface area contributed by atoms with Gasteiger partial charge in [0, 0.05) is 25.3 Å². The van der Waals surface area contributed by atoms with Gasteiger partial charge in [-0.15, -0.1) is 0 Å². The van der Waals surface area contributed by atoms with Gasteiger partial charge < -0.3 is 18.9 Å². The van der Waals surface area contributed by atoms with Gasteiger partial charge in [0.15, 0.2) is 0 Å². The van der Waals surface area contributed by atoms with Crippen LogP contribution in [0.4, 0.5) is 26.3 Å². The van der Waals surface area contributed by atoms with Crippen LogP contribution in [-0.2, 0) is 39.7 Å². The molecular formula is C60H74F6O6. The molecule has 2 fully saturated rings. The van der Waals surface area contributed by atoms with E-state index in [9.17, 15) is 35.9 Å². The lowest BCUT2D eigenvalue weighted by atomic mass is 9.63. The molecule has 12 heteroatoms. The van der Waals surface area contributed by atoms with Crippen molar-refractivity contribution in [3.63, 3.8) is 0 Å². The Morgan fingerprint density at radius 2 is 0.819 bits per heavy atom. The fraction of sp³-hybridized carbons (Fsp3) is 0.467. The molecule has 0 bridgehead atoms. The molecule has 72 heavy (non-hydrogen) atoms. The number of hydrogen-bond donors (Lipinski definition) is 0. The van der Waals surface area contributed by atoms with Crippen LogP contribution in [-0.4, -0.2) is 50.7 Å². The maximum absolute atomic E-state index is 14.6. The molecule has 0 amide bonds. The maximum Gasteiger partial charge on any atom is 0.432 e. The number of benzene rings is 2. The molecule has 0 spiro atoms. The number of ether oxygens (including phenoxy) is 4.